The molecule has 0 atom stereocenters. The molecule has 0 saturated heterocycles. The molecular weight excluding hydrogens is 214 g/mol. The summed E-state index contributed by atoms with van der Waals surface area (Å²) in [4.78, 5) is 8.88. The molecule has 3 N–H and O–H groups in total. The van der Waals surface area contributed by atoms with E-state index in [0.717, 1.165) is 31.9 Å². The number of nitrogen functional groups attached to an aromatic ring is 1. The van der Waals surface area contributed by atoms with Crippen LogP contribution in [0.25, 0.3) is 0 Å². The Morgan fingerprint density at radius 1 is 1.29 bits per heavy atom. The molecule has 0 unspecified atom stereocenters. The molecule has 5 nitrogen and oxygen atoms in total. The van der Waals surface area contributed by atoms with Crippen molar-refractivity contribution in [2.75, 3.05) is 44.1 Å². The Morgan fingerprint density at radius 2 is 2.06 bits per heavy atom. The lowest BCUT2D eigenvalue weighted by molar-refractivity contribution is 0.400. The first-order valence-electron chi connectivity index (χ1n) is 6.00. The summed E-state index contributed by atoms with van der Waals surface area (Å²) in [7, 11) is 4.18. The maximum Gasteiger partial charge on any atom is 0.142 e. The predicted octanol–water partition coefficient (Wildman–Crippen LogP) is 1.15. The molecule has 5 heteroatoms. The molecule has 96 valence electrons. The first kappa shape index (κ1) is 13.7. The van der Waals surface area contributed by atoms with Crippen LogP contribution in [0.3, 0.4) is 0 Å². The summed E-state index contributed by atoms with van der Waals surface area (Å²) in [5.74, 6) is 7.04. The van der Waals surface area contributed by atoms with E-state index in [-0.39, 0.29) is 0 Å². The molecular formula is C12H23N5. The Bertz CT molecular complexity index is 326. The number of anilines is 2. The first-order chi connectivity index (χ1) is 8.17. The Hall–Kier alpha value is -1.33. The Kier molecular flexibility index (Phi) is 5.72. The van der Waals surface area contributed by atoms with Crippen molar-refractivity contribution in [3.05, 3.63) is 18.2 Å². The van der Waals surface area contributed by atoms with Crippen LogP contribution in [0.5, 0.6) is 0 Å². The lowest BCUT2D eigenvalue weighted by atomic mass is 10.3. The second-order valence-corrected chi connectivity index (χ2v) is 4.26. The molecule has 0 saturated carbocycles. The van der Waals surface area contributed by atoms with E-state index < -0.39 is 0 Å². The molecule has 0 bridgehead atoms. The van der Waals surface area contributed by atoms with Crippen LogP contribution in [0.2, 0.25) is 0 Å². The minimum Gasteiger partial charge on any atom is -0.357 e. The lowest BCUT2D eigenvalue weighted by Gasteiger charge is -2.23. The van der Waals surface area contributed by atoms with Gasteiger partial charge in [-0.3, -0.25) is 0 Å². The third-order valence-corrected chi connectivity index (χ3v) is 2.62. The van der Waals surface area contributed by atoms with Crippen molar-refractivity contribution in [1.29, 1.82) is 0 Å². The SMILES string of the molecule is CCN(CCCN(C)C)c1cccc(NN)n1. The molecule has 0 aliphatic heterocycles. The maximum absolute atomic E-state index is 5.36. The lowest BCUT2D eigenvalue weighted by Crippen LogP contribution is -2.28. The molecule has 17 heavy (non-hydrogen) atoms. The fraction of sp³-hybridized carbons (Fsp3) is 0.583. The molecule has 0 radical (unpaired) electrons. The van der Waals surface area contributed by atoms with E-state index in [1.165, 1.54) is 0 Å². The minimum atomic E-state index is 0.702. The summed E-state index contributed by atoms with van der Waals surface area (Å²) >= 11 is 0. The standard InChI is InChI=1S/C12H23N5/c1-4-17(10-6-9-16(2)3)12-8-5-7-11(14-12)15-13/h5,7-8H,4,6,9-10,13H2,1-3H3,(H,14,15). The number of hydrogen-bond donors (Lipinski definition) is 2. The molecule has 1 aromatic heterocycles. The van der Waals surface area contributed by atoms with Crippen LogP contribution >= 0.6 is 0 Å². The topological polar surface area (TPSA) is 57.4 Å². The molecule has 1 rings (SSSR count). The van der Waals surface area contributed by atoms with Crippen LogP contribution in [0.4, 0.5) is 11.6 Å². The van der Waals surface area contributed by atoms with Gasteiger partial charge in [0.05, 0.1) is 0 Å². The number of nitrogens with zero attached hydrogens (tertiary/aromatic N) is 3. The van der Waals surface area contributed by atoms with Crippen molar-refractivity contribution in [3.63, 3.8) is 0 Å². The van der Waals surface area contributed by atoms with Gasteiger partial charge in [0.15, 0.2) is 0 Å². The molecule has 0 aliphatic rings. The van der Waals surface area contributed by atoms with Gasteiger partial charge >= 0.3 is 0 Å². The summed E-state index contributed by atoms with van der Waals surface area (Å²) < 4.78 is 0. The van der Waals surface area contributed by atoms with Crippen LogP contribution in [-0.4, -0.2) is 43.6 Å². The molecule has 0 spiro atoms. The number of hydrogen-bond acceptors (Lipinski definition) is 5. The minimum absolute atomic E-state index is 0.702. The number of aromatic nitrogens is 1. The van der Waals surface area contributed by atoms with Crippen LogP contribution in [0.15, 0.2) is 18.2 Å². The molecule has 0 fully saturated rings. The van der Waals surface area contributed by atoms with Crippen molar-refractivity contribution >= 4 is 11.6 Å². The number of pyridine rings is 1. The van der Waals surface area contributed by atoms with E-state index in [4.69, 9.17) is 5.84 Å². The van der Waals surface area contributed by atoms with Crippen LogP contribution in [0.1, 0.15) is 13.3 Å². The fourth-order valence-corrected chi connectivity index (χ4v) is 1.69. The summed E-state index contributed by atoms with van der Waals surface area (Å²) in [6.07, 6.45) is 1.13. The zero-order chi connectivity index (χ0) is 12.7. The summed E-state index contributed by atoms with van der Waals surface area (Å²) in [5.41, 5.74) is 2.57. The van der Waals surface area contributed by atoms with Gasteiger partial charge in [0.2, 0.25) is 0 Å². The second kappa shape index (κ2) is 7.09. The highest BCUT2D eigenvalue weighted by molar-refractivity contribution is 5.46. The van der Waals surface area contributed by atoms with E-state index >= 15 is 0 Å². The van der Waals surface area contributed by atoms with Gasteiger partial charge < -0.3 is 15.2 Å². The smallest absolute Gasteiger partial charge is 0.142 e. The van der Waals surface area contributed by atoms with Crippen LogP contribution in [0, 0.1) is 0 Å². The van der Waals surface area contributed by atoms with E-state index in [0.29, 0.717) is 5.82 Å². The number of nitrogens with one attached hydrogen (secondary N) is 1. The van der Waals surface area contributed by atoms with Crippen molar-refractivity contribution < 1.29 is 0 Å². The third kappa shape index (κ3) is 4.58. The summed E-state index contributed by atoms with van der Waals surface area (Å²) in [5, 5.41) is 0. The normalized spacial score (nSPS) is 10.6. The van der Waals surface area contributed by atoms with Gasteiger partial charge in [-0.2, -0.15) is 0 Å². The molecule has 0 aliphatic carbocycles. The highest BCUT2D eigenvalue weighted by Gasteiger charge is 2.06. The van der Waals surface area contributed by atoms with E-state index in [9.17, 15) is 0 Å². The third-order valence-electron chi connectivity index (χ3n) is 2.62. The highest BCUT2D eigenvalue weighted by Crippen LogP contribution is 2.13. The molecule has 1 heterocycles. The van der Waals surface area contributed by atoms with Gasteiger partial charge in [-0.1, -0.05) is 6.07 Å². The number of rotatable bonds is 7. The van der Waals surface area contributed by atoms with Gasteiger partial charge in [-0.15, -0.1) is 0 Å². The molecule has 0 amide bonds. The van der Waals surface area contributed by atoms with Crippen molar-refractivity contribution in [2.45, 2.75) is 13.3 Å². The quantitative estimate of drug-likeness (QED) is 0.550. The van der Waals surface area contributed by atoms with E-state index in [2.05, 4.69) is 41.2 Å². The van der Waals surface area contributed by atoms with Gasteiger partial charge in [0.1, 0.15) is 11.6 Å². The average molecular weight is 237 g/mol. The van der Waals surface area contributed by atoms with Gasteiger partial charge in [0.25, 0.3) is 0 Å². The largest absolute Gasteiger partial charge is 0.357 e. The number of hydrazine groups is 1. The van der Waals surface area contributed by atoms with Crippen LogP contribution < -0.4 is 16.2 Å². The maximum atomic E-state index is 5.36. The second-order valence-electron chi connectivity index (χ2n) is 4.26. The predicted molar refractivity (Wildman–Crippen MR) is 73.1 cm³/mol. The molecule has 0 aromatic carbocycles. The zero-order valence-electron chi connectivity index (χ0n) is 11.0. The van der Waals surface area contributed by atoms with Crippen molar-refractivity contribution in [2.24, 2.45) is 5.84 Å². The van der Waals surface area contributed by atoms with Crippen molar-refractivity contribution in [3.8, 4) is 0 Å². The Labute approximate surface area is 104 Å². The molecule has 1 aromatic rings. The zero-order valence-corrected chi connectivity index (χ0v) is 11.0. The van der Waals surface area contributed by atoms with Gasteiger partial charge in [0, 0.05) is 13.1 Å². The monoisotopic (exact) mass is 237 g/mol. The average Bonchev–Trinajstić information content (AvgIpc) is 2.34. The van der Waals surface area contributed by atoms with E-state index in [1.807, 2.05) is 18.2 Å². The van der Waals surface area contributed by atoms with Gasteiger partial charge in [-0.05, 0) is 46.1 Å². The van der Waals surface area contributed by atoms with Crippen LogP contribution in [-0.2, 0) is 0 Å². The first-order valence-corrected chi connectivity index (χ1v) is 6.00. The highest BCUT2D eigenvalue weighted by atomic mass is 15.3. The fourth-order valence-electron chi connectivity index (χ4n) is 1.69. The van der Waals surface area contributed by atoms with Gasteiger partial charge in [-0.25, -0.2) is 10.8 Å². The van der Waals surface area contributed by atoms with E-state index in [1.54, 1.807) is 0 Å². The van der Waals surface area contributed by atoms with Crippen molar-refractivity contribution in [1.82, 2.24) is 9.88 Å². The number of nitrogens with two attached hydrogens (primary N) is 1. The Morgan fingerprint density at radius 3 is 2.65 bits per heavy atom. The Balaban J connectivity index is 2.59. The summed E-state index contributed by atoms with van der Waals surface area (Å²) in [6.45, 7) is 5.19. The summed E-state index contributed by atoms with van der Waals surface area (Å²) in [6, 6.07) is 5.84.